The van der Waals surface area contributed by atoms with Gasteiger partial charge < -0.3 is 10.4 Å². The van der Waals surface area contributed by atoms with Crippen LogP contribution in [0.2, 0.25) is 0 Å². The van der Waals surface area contributed by atoms with Crippen LogP contribution in [-0.2, 0) is 0 Å². The largest absolute Gasteiger partial charge is 0.410 e. The summed E-state index contributed by atoms with van der Waals surface area (Å²) in [5.74, 6) is -1.01. The van der Waals surface area contributed by atoms with Crippen LogP contribution in [0.5, 0.6) is 0 Å². The third-order valence-corrected chi connectivity index (χ3v) is 1.95. The molecule has 0 bridgehead atoms. The summed E-state index contributed by atoms with van der Waals surface area (Å²) in [6.45, 7) is -1.22. The summed E-state index contributed by atoms with van der Waals surface area (Å²) >= 11 is 0.706. The number of nitrogens with one attached hydrogen (secondary N) is 1. The summed E-state index contributed by atoms with van der Waals surface area (Å²) in [4.78, 5) is 11.1. The van der Waals surface area contributed by atoms with Gasteiger partial charge in [-0.1, -0.05) is 0 Å². The third kappa shape index (κ3) is 3.13. The second kappa shape index (κ2) is 4.53. The van der Waals surface area contributed by atoms with Gasteiger partial charge in [-0.25, -0.2) is 0 Å². The van der Waals surface area contributed by atoms with Crippen LogP contribution in [0.15, 0.2) is 6.20 Å². The molecule has 0 spiro atoms. The lowest BCUT2D eigenvalue weighted by Gasteiger charge is -2.18. The highest BCUT2D eigenvalue weighted by Crippen LogP contribution is 2.19. The molecule has 0 aliphatic heterocycles. The summed E-state index contributed by atoms with van der Waals surface area (Å²) in [5.41, 5.74) is -0.206. The summed E-state index contributed by atoms with van der Waals surface area (Å²) in [7, 11) is 0. The first-order valence-corrected chi connectivity index (χ1v) is 4.44. The number of nitrogens with zero attached hydrogens (tertiary/aromatic N) is 2. The normalized spacial score (nSPS) is 13.6. The minimum absolute atomic E-state index is 0.206. The first kappa shape index (κ1) is 11.9. The predicted octanol–water partition coefficient (Wildman–Crippen LogP) is 0.191. The number of aliphatic hydroxyl groups excluding tert-OH is 1. The number of amides is 1. The van der Waals surface area contributed by atoms with Gasteiger partial charge in [0.05, 0.1) is 24.5 Å². The van der Waals surface area contributed by atoms with Gasteiger partial charge in [0, 0.05) is 0 Å². The molecule has 2 N–H and O–H groups in total. The Bertz CT molecular complexity index is 327. The lowest BCUT2D eigenvalue weighted by molar-refractivity contribution is -0.161. The molecule has 1 heterocycles. The number of hydrogen-bond acceptors (Lipinski definition) is 5. The Morgan fingerprint density at radius 3 is 2.73 bits per heavy atom. The second-order valence-electron chi connectivity index (χ2n) is 2.54. The summed E-state index contributed by atoms with van der Waals surface area (Å²) < 4.78 is 43.3. The van der Waals surface area contributed by atoms with E-state index in [1.54, 1.807) is 5.32 Å². The maximum absolute atomic E-state index is 12.1. The van der Waals surface area contributed by atoms with Crippen LogP contribution < -0.4 is 5.32 Å². The van der Waals surface area contributed by atoms with E-state index in [0.717, 1.165) is 6.20 Å². The molecule has 0 aliphatic carbocycles. The second-order valence-corrected chi connectivity index (χ2v) is 3.10. The molecule has 0 aromatic carbocycles. The SMILES string of the molecule is O=C(NC(CO)C(F)(F)F)c1cnsn1. The highest BCUT2D eigenvalue weighted by Gasteiger charge is 2.40. The van der Waals surface area contributed by atoms with Crippen molar-refractivity contribution in [2.24, 2.45) is 0 Å². The maximum Gasteiger partial charge on any atom is 0.410 e. The topological polar surface area (TPSA) is 75.1 Å². The smallest absolute Gasteiger partial charge is 0.394 e. The molecular formula is C6H6F3N3O2S. The molecule has 0 radical (unpaired) electrons. The van der Waals surface area contributed by atoms with Gasteiger partial charge in [0.2, 0.25) is 0 Å². The van der Waals surface area contributed by atoms with E-state index in [0.29, 0.717) is 11.7 Å². The lowest BCUT2D eigenvalue weighted by Crippen LogP contribution is -2.47. The van der Waals surface area contributed by atoms with Crippen molar-refractivity contribution < 1.29 is 23.1 Å². The molecule has 1 aromatic rings. The fourth-order valence-electron chi connectivity index (χ4n) is 0.728. The number of carbonyl (C=O) groups is 1. The van der Waals surface area contributed by atoms with Crippen molar-refractivity contribution in [3.05, 3.63) is 11.9 Å². The Morgan fingerprint density at radius 1 is 1.67 bits per heavy atom. The van der Waals surface area contributed by atoms with E-state index in [-0.39, 0.29) is 5.69 Å². The molecule has 1 aromatic heterocycles. The van der Waals surface area contributed by atoms with Gasteiger partial charge in [-0.15, -0.1) is 0 Å². The number of rotatable bonds is 3. The van der Waals surface area contributed by atoms with Crippen molar-refractivity contribution in [1.29, 1.82) is 0 Å². The van der Waals surface area contributed by atoms with E-state index in [1.165, 1.54) is 0 Å². The first-order valence-electron chi connectivity index (χ1n) is 3.71. The van der Waals surface area contributed by atoms with Crippen LogP contribution in [0, 0.1) is 0 Å². The van der Waals surface area contributed by atoms with Crippen molar-refractivity contribution in [3.8, 4) is 0 Å². The highest BCUT2D eigenvalue weighted by atomic mass is 32.1. The van der Waals surface area contributed by atoms with Crippen LogP contribution in [0.3, 0.4) is 0 Å². The van der Waals surface area contributed by atoms with E-state index >= 15 is 0 Å². The maximum atomic E-state index is 12.1. The molecule has 0 fully saturated rings. The molecule has 15 heavy (non-hydrogen) atoms. The number of alkyl halides is 3. The van der Waals surface area contributed by atoms with Crippen molar-refractivity contribution in [2.45, 2.75) is 12.2 Å². The van der Waals surface area contributed by atoms with Gasteiger partial charge >= 0.3 is 6.18 Å². The van der Waals surface area contributed by atoms with Crippen molar-refractivity contribution in [2.75, 3.05) is 6.61 Å². The van der Waals surface area contributed by atoms with Crippen LogP contribution in [0.4, 0.5) is 13.2 Å². The van der Waals surface area contributed by atoms with E-state index in [4.69, 9.17) is 5.11 Å². The Morgan fingerprint density at radius 2 is 2.33 bits per heavy atom. The molecular weight excluding hydrogens is 235 g/mol. The van der Waals surface area contributed by atoms with Crippen LogP contribution in [0.1, 0.15) is 10.5 Å². The fourth-order valence-corrected chi connectivity index (χ4v) is 1.14. The molecule has 1 amide bonds. The predicted molar refractivity (Wildman–Crippen MR) is 44.3 cm³/mol. The van der Waals surface area contributed by atoms with Crippen LogP contribution in [0.25, 0.3) is 0 Å². The van der Waals surface area contributed by atoms with Crippen molar-refractivity contribution in [1.82, 2.24) is 14.1 Å². The van der Waals surface area contributed by atoms with Crippen LogP contribution >= 0.6 is 11.7 Å². The van der Waals surface area contributed by atoms with Gasteiger partial charge in [-0.2, -0.15) is 21.9 Å². The summed E-state index contributed by atoms with van der Waals surface area (Å²) in [6, 6.07) is -2.29. The van der Waals surface area contributed by atoms with E-state index in [2.05, 4.69) is 8.75 Å². The van der Waals surface area contributed by atoms with Crippen LogP contribution in [-0.4, -0.2) is 38.6 Å². The molecule has 0 saturated carbocycles. The molecule has 0 aliphatic rings. The number of aliphatic hydroxyl groups is 1. The number of hydrogen-bond donors (Lipinski definition) is 2. The quantitative estimate of drug-likeness (QED) is 0.792. The average Bonchev–Trinajstić information content (AvgIpc) is 2.64. The van der Waals surface area contributed by atoms with Crippen molar-refractivity contribution >= 4 is 17.6 Å². The van der Waals surface area contributed by atoms with E-state index < -0.39 is 24.7 Å². The minimum atomic E-state index is -4.69. The van der Waals surface area contributed by atoms with Gasteiger partial charge in [0.1, 0.15) is 6.04 Å². The zero-order valence-corrected chi connectivity index (χ0v) is 7.97. The summed E-state index contributed by atoms with van der Waals surface area (Å²) in [5, 5.41) is 10.0. The zero-order chi connectivity index (χ0) is 11.5. The van der Waals surface area contributed by atoms with Gasteiger partial charge in [0.25, 0.3) is 5.91 Å². The lowest BCUT2D eigenvalue weighted by atomic mass is 10.3. The monoisotopic (exact) mass is 241 g/mol. The molecule has 1 unspecified atom stereocenters. The van der Waals surface area contributed by atoms with Gasteiger partial charge in [-0.3, -0.25) is 4.79 Å². The molecule has 1 rings (SSSR count). The molecule has 9 heteroatoms. The standard InChI is InChI=1S/C6H6F3N3O2S/c7-6(8,9)4(2-13)11-5(14)3-1-10-15-12-3/h1,4,13H,2H2,(H,11,14). The third-order valence-electron chi connectivity index (χ3n) is 1.48. The molecule has 1 atom stereocenters. The molecule has 0 saturated heterocycles. The number of aromatic nitrogens is 2. The number of carbonyl (C=O) groups excluding carboxylic acids is 1. The zero-order valence-electron chi connectivity index (χ0n) is 7.15. The Kier molecular flexibility index (Phi) is 3.58. The molecule has 84 valence electrons. The number of halogens is 3. The Balaban J connectivity index is 2.65. The Labute approximate surface area is 86.3 Å². The first-order chi connectivity index (χ1) is 6.95. The van der Waals surface area contributed by atoms with Gasteiger partial charge in [0.15, 0.2) is 5.69 Å². The van der Waals surface area contributed by atoms with E-state index in [1.807, 2.05) is 0 Å². The van der Waals surface area contributed by atoms with Gasteiger partial charge in [-0.05, 0) is 0 Å². The summed E-state index contributed by atoms with van der Waals surface area (Å²) in [6.07, 6.45) is -3.64. The Hall–Kier alpha value is -1.22. The van der Waals surface area contributed by atoms with Crippen molar-refractivity contribution in [3.63, 3.8) is 0 Å². The highest BCUT2D eigenvalue weighted by molar-refractivity contribution is 6.99. The van der Waals surface area contributed by atoms with E-state index in [9.17, 15) is 18.0 Å². The molecule has 5 nitrogen and oxygen atoms in total. The average molecular weight is 241 g/mol. The fraction of sp³-hybridized carbons (Fsp3) is 0.500. The minimum Gasteiger partial charge on any atom is -0.394 e.